The SMILES string of the molecule is CCCCCCC(CC)Nc1cc2c(nn1)-c1c(O)cc(C3CC3)cc1COCCC2.CCOC=O. The van der Waals surface area contributed by atoms with Crippen LogP contribution >= 0.6 is 0 Å². The van der Waals surface area contributed by atoms with Crippen LogP contribution in [0.15, 0.2) is 18.2 Å². The number of carbonyl (C=O) groups excluding carboxylic acids is 1. The van der Waals surface area contributed by atoms with Crippen molar-refractivity contribution in [3.8, 4) is 17.0 Å². The van der Waals surface area contributed by atoms with Gasteiger partial charge in [0.15, 0.2) is 0 Å². The molecule has 0 saturated heterocycles. The Morgan fingerprint density at radius 3 is 2.64 bits per heavy atom. The molecule has 2 aliphatic rings. The zero-order valence-corrected chi connectivity index (χ0v) is 22.2. The number of ether oxygens (including phenoxy) is 2. The molecule has 2 heterocycles. The second kappa shape index (κ2) is 14.8. The third kappa shape index (κ3) is 8.19. The number of unbranched alkanes of at least 4 members (excludes halogenated alkanes) is 3. The number of hydrogen-bond donors (Lipinski definition) is 2. The molecule has 1 saturated carbocycles. The molecule has 2 aromatic rings. The van der Waals surface area contributed by atoms with Crippen LogP contribution in [0.2, 0.25) is 0 Å². The quantitative estimate of drug-likeness (QED) is 0.269. The van der Waals surface area contributed by atoms with Crippen molar-refractivity contribution in [1.82, 2.24) is 10.2 Å². The maximum atomic E-state index is 10.9. The number of aromatic nitrogens is 2. The molecule has 1 aromatic carbocycles. The van der Waals surface area contributed by atoms with Gasteiger partial charge in [-0.25, -0.2) is 0 Å². The summed E-state index contributed by atoms with van der Waals surface area (Å²) in [7, 11) is 0. The summed E-state index contributed by atoms with van der Waals surface area (Å²) in [5, 5.41) is 23.7. The minimum Gasteiger partial charge on any atom is -0.507 e. The Hall–Kier alpha value is -2.67. The van der Waals surface area contributed by atoms with Crippen molar-refractivity contribution in [1.29, 1.82) is 0 Å². The van der Waals surface area contributed by atoms with Gasteiger partial charge in [0.05, 0.1) is 13.2 Å². The molecule has 1 atom stereocenters. The van der Waals surface area contributed by atoms with E-state index in [1.807, 2.05) is 6.07 Å². The monoisotopic (exact) mass is 497 g/mol. The second-order valence-corrected chi connectivity index (χ2v) is 9.76. The Kier molecular flexibility index (Phi) is 11.5. The van der Waals surface area contributed by atoms with E-state index >= 15 is 0 Å². The van der Waals surface area contributed by atoms with Crippen molar-refractivity contribution in [2.45, 2.75) is 104 Å². The number of phenols is 1. The van der Waals surface area contributed by atoms with Crippen molar-refractivity contribution in [2.75, 3.05) is 18.5 Å². The zero-order valence-electron chi connectivity index (χ0n) is 22.2. The molecule has 1 fully saturated rings. The molecule has 4 rings (SSSR count). The van der Waals surface area contributed by atoms with Crippen LogP contribution in [0.4, 0.5) is 5.82 Å². The average molecular weight is 498 g/mol. The first-order chi connectivity index (χ1) is 17.6. The van der Waals surface area contributed by atoms with Gasteiger partial charge in [-0.1, -0.05) is 45.6 Å². The largest absolute Gasteiger partial charge is 0.507 e. The van der Waals surface area contributed by atoms with Crippen molar-refractivity contribution < 1.29 is 19.4 Å². The van der Waals surface area contributed by atoms with Crippen LogP contribution in [0.3, 0.4) is 0 Å². The van der Waals surface area contributed by atoms with Crippen LogP contribution in [0.5, 0.6) is 5.75 Å². The van der Waals surface area contributed by atoms with E-state index in [0.717, 1.165) is 53.9 Å². The minimum atomic E-state index is 0.309. The smallest absolute Gasteiger partial charge is 0.293 e. The summed E-state index contributed by atoms with van der Waals surface area (Å²) in [5.41, 5.74) is 5.00. The maximum Gasteiger partial charge on any atom is 0.293 e. The van der Waals surface area contributed by atoms with Gasteiger partial charge in [0, 0.05) is 18.2 Å². The number of rotatable bonds is 11. The average Bonchev–Trinajstić information content (AvgIpc) is 3.72. The Bertz CT molecular complexity index is 962. The van der Waals surface area contributed by atoms with Gasteiger partial charge in [-0.05, 0) is 80.2 Å². The van der Waals surface area contributed by atoms with Crippen LogP contribution in [0, 0.1) is 0 Å². The topological polar surface area (TPSA) is 93.6 Å². The van der Waals surface area contributed by atoms with E-state index in [4.69, 9.17) is 4.74 Å². The standard InChI is InChI=1S/C26H37N3O2.C3H6O2/c1-3-5-6-7-10-22(4-2)27-24-16-19-9-8-13-31-17-21-14-20(18-11-12-18)15-23(30)25(21)26(19)29-28-24;1-2-5-3-4/h14-16,18,22,30H,3-13,17H2,1-2H3,(H,27,28);3H,2H2,1H3. The lowest BCUT2D eigenvalue weighted by Crippen LogP contribution is -2.19. The van der Waals surface area contributed by atoms with Crippen LogP contribution < -0.4 is 5.32 Å². The van der Waals surface area contributed by atoms with Crippen LogP contribution in [0.25, 0.3) is 11.3 Å². The molecule has 7 nitrogen and oxygen atoms in total. The minimum absolute atomic E-state index is 0.309. The van der Waals surface area contributed by atoms with E-state index in [1.165, 1.54) is 44.1 Å². The van der Waals surface area contributed by atoms with Crippen molar-refractivity contribution in [2.24, 2.45) is 0 Å². The first kappa shape index (κ1) is 27.9. The van der Waals surface area contributed by atoms with E-state index in [2.05, 4.69) is 46.2 Å². The summed E-state index contributed by atoms with van der Waals surface area (Å²) < 4.78 is 10.1. The predicted octanol–water partition coefficient (Wildman–Crippen LogP) is 6.53. The van der Waals surface area contributed by atoms with Gasteiger partial charge >= 0.3 is 0 Å². The summed E-state index contributed by atoms with van der Waals surface area (Å²) >= 11 is 0. The number of hydrogen-bond acceptors (Lipinski definition) is 7. The molecule has 0 amide bonds. The summed E-state index contributed by atoms with van der Waals surface area (Å²) in [5.74, 6) is 1.74. The number of aryl methyl sites for hydroxylation is 1. The Morgan fingerprint density at radius 2 is 1.97 bits per heavy atom. The summed E-state index contributed by atoms with van der Waals surface area (Å²) in [6.07, 6.45) is 11.6. The highest BCUT2D eigenvalue weighted by Gasteiger charge is 2.27. The first-order valence-electron chi connectivity index (χ1n) is 13.7. The first-order valence-corrected chi connectivity index (χ1v) is 13.7. The van der Waals surface area contributed by atoms with Crippen molar-refractivity contribution in [3.63, 3.8) is 0 Å². The normalized spacial score (nSPS) is 15.6. The summed E-state index contributed by atoms with van der Waals surface area (Å²) in [6, 6.07) is 6.69. The molecule has 0 bridgehead atoms. The number of benzene rings is 1. The fraction of sp³-hybridized carbons (Fsp3) is 0.621. The van der Waals surface area contributed by atoms with Gasteiger partial charge in [-0.2, -0.15) is 0 Å². The third-order valence-corrected chi connectivity index (χ3v) is 6.86. The summed E-state index contributed by atoms with van der Waals surface area (Å²) in [6.45, 7) is 8.37. The zero-order chi connectivity index (χ0) is 25.8. The summed E-state index contributed by atoms with van der Waals surface area (Å²) in [4.78, 5) is 9.18. The fourth-order valence-electron chi connectivity index (χ4n) is 4.67. The highest BCUT2D eigenvalue weighted by Crippen LogP contribution is 2.45. The molecule has 198 valence electrons. The number of aromatic hydroxyl groups is 1. The van der Waals surface area contributed by atoms with Crippen molar-refractivity contribution in [3.05, 3.63) is 34.9 Å². The number of phenolic OH excluding ortho intramolecular Hbond substituents is 1. The third-order valence-electron chi connectivity index (χ3n) is 6.86. The highest BCUT2D eigenvalue weighted by molar-refractivity contribution is 5.74. The molecule has 1 aliphatic heterocycles. The van der Waals surface area contributed by atoms with Gasteiger partial charge in [-0.15, -0.1) is 10.2 Å². The predicted molar refractivity (Wildman–Crippen MR) is 143 cm³/mol. The van der Waals surface area contributed by atoms with Crippen LogP contribution in [-0.4, -0.2) is 41.0 Å². The number of fused-ring (bicyclic) bond motifs is 3. The van der Waals surface area contributed by atoms with Gasteiger partial charge in [0.2, 0.25) is 0 Å². The molecular formula is C29H43N3O4. The van der Waals surface area contributed by atoms with E-state index < -0.39 is 0 Å². The number of nitrogens with one attached hydrogen (secondary N) is 1. The molecule has 0 radical (unpaired) electrons. The Morgan fingerprint density at radius 1 is 1.14 bits per heavy atom. The number of nitrogens with zero attached hydrogens (tertiary/aromatic N) is 2. The Labute approximate surface area is 216 Å². The molecule has 2 N–H and O–H groups in total. The van der Waals surface area contributed by atoms with E-state index in [1.54, 1.807) is 6.92 Å². The molecule has 7 heteroatoms. The second-order valence-electron chi connectivity index (χ2n) is 9.76. The molecule has 36 heavy (non-hydrogen) atoms. The van der Waals surface area contributed by atoms with Crippen LogP contribution in [-0.2, 0) is 27.3 Å². The molecule has 1 unspecified atom stereocenters. The molecular weight excluding hydrogens is 454 g/mol. The lowest BCUT2D eigenvalue weighted by Gasteiger charge is -2.19. The lowest BCUT2D eigenvalue weighted by molar-refractivity contribution is -0.128. The van der Waals surface area contributed by atoms with Crippen molar-refractivity contribution >= 4 is 12.3 Å². The van der Waals surface area contributed by atoms with Gasteiger partial charge in [0.1, 0.15) is 17.3 Å². The van der Waals surface area contributed by atoms with Gasteiger partial charge < -0.3 is 19.9 Å². The van der Waals surface area contributed by atoms with Gasteiger partial charge in [0.25, 0.3) is 6.47 Å². The van der Waals surface area contributed by atoms with E-state index in [0.29, 0.717) is 44.0 Å². The van der Waals surface area contributed by atoms with E-state index in [9.17, 15) is 9.90 Å². The molecule has 1 aromatic heterocycles. The van der Waals surface area contributed by atoms with Gasteiger partial charge in [-0.3, -0.25) is 4.79 Å². The number of carbonyl (C=O) groups is 1. The Balaban J connectivity index is 0.000000658. The van der Waals surface area contributed by atoms with E-state index in [-0.39, 0.29) is 0 Å². The maximum absolute atomic E-state index is 10.9. The molecule has 0 spiro atoms. The van der Waals surface area contributed by atoms with Crippen LogP contribution in [0.1, 0.15) is 101 Å². The number of anilines is 1. The fourth-order valence-corrected chi connectivity index (χ4v) is 4.67. The lowest BCUT2D eigenvalue weighted by atomic mass is 9.95. The highest BCUT2D eigenvalue weighted by atomic mass is 16.5. The molecule has 1 aliphatic carbocycles.